The minimum absolute atomic E-state index is 0.0634. The topological polar surface area (TPSA) is 97.0 Å². The van der Waals surface area contributed by atoms with Crippen LogP contribution >= 0.6 is 0 Å². The number of benzene rings is 2. The smallest absolute Gasteiger partial charge is 0.406 e. The summed E-state index contributed by atoms with van der Waals surface area (Å²) in [5.41, 5.74) is 1.43. The Morgan fingerprint density at radius 2 is 1.78 bits per heavy atom. The number of amides is 1. The Balaban J connectivity index is 1.62. The normalized spacial score (nSPS) is 15.2. The fourth-order valence-electron chi connectivity index (χ4n) is 2.98. The maximum Gasteiger partial charge on any atom is 0.573 e. The number of halogens is 3. The lowest BCUT2D eigenvalue weighted by Gasteiger charge is -2.26. The van der Waals surface area contributed by atoms with Crippen LogP contribution in [0.15, 0.2) is 47.4 Å². The number of anilines is 2. The van der Waals surface area contributed by atoms with Crippen molar-refractivity contribution in [3.63, 3.8) is 0 Å². The summed E-state index contributed by atoms with van der Waals surface area (Å²) in [4.78, 5) is 12.4. The third-order valence-electron chi connectivity index (χ3n) is 4.63. The molecule has 1 aliphatic rings. The van der Waals surface area contributed by atoms with Gasteiger partial charge in [0.1, 0.15) is 5.75 Å². The molecular weight excluding hydrogens is 451 g/mol. The molecule has 0 unspecified atom stereocenters. The second-order valence-corrected chi connectivity index (χ2v) is 8.91. The van der Waals surface area contributed by atoms with E-state index in [0.717, 1.165) is 12.1 Å². The average molecular weight is 473 g/mol. The average Bonchev–Trinajstić information content (AvgIpc) is 2.74. The van der Waals surface area contributed by atoms with E-state index < -0.39 is 22.3 Å². The van der Waals surface area contributed by atoms with Gasteiger partial charge in [0.2, 0.25) is 15.9 Å². The predicted molar refractivity (Wildman–Crippen MR) is 111 cm³/mol. The fourth-order valence-corrected chi connectivity index (χ4v) is 4.42. The van der Waals surface area contributed by atoms with E-state index in [9.17, 15) is 26.4 Å². The summed E-state index contributed by atoms with van der Waals surface area (Å²) in [6, 6.07) is 9.43. The van der Waals surface area contributed by atoms with Gasteiger partial charge in [-0.15, -0.1) is 13.2 Å². The second kappa shape index (κ2) is 9.76. The second-order valence-electron chi connectivity index (χ2n) is 6.97. The number of aryl methyl sites for hydroxylation is 1. The number of sulfonamides is 1. The number of ether oxygens (including phenoxy) is 2. The van der Waals surface area contributed by atoms with Crippen LogP contribution < -0.4 is 15.4 Å². The van der Waals surface area contributed by atoms with Crippen molar-refractivity contribution in [3.05, 3.63) is 48.0 Å². The van der Waals surface area contributed by atoms with Crippen molar-refractivity contribution in [2.24, 2.45) is 0 Å². The summed E-state index contributed by atoms with van der Waals surface area (Å²) in [6.45, 7) is 2.71. The van der Waals surface area contributed by atoms with Crippen molar-refractivity contribution in [2.45, 2.75) is 18.2 Å². The number of hydrogen-bond donors (Lipinski definition) is 2. The van der Waals surface area contributed by atoms with Crippen LogP contribution in [0, 0.1) is 6.92 Å². The molecular formula is C20H22F3N3O5S. The highest BCUT2D eigenvalue weighted by atomic mass is 32.2. The molecule has 174 valence electrons. The van der Waals surface area contributed by atoms with Gasteiger partial charge in [0.15, 0.2) is 0 Å². The molecule has 3 rings (SSSR count). The highest BCUT2D eigenvalue weighted by molar-refractivity contribution is 7.89. The van der Waals surface area contributed by atoms with Gasteiger partial charge in [-0.25, -0.2) is 8.42 Å². The molecule has 1 fully saturated rings. The molecule has 0 radical (unpaired) electrons. The van der Waals surface area contributed by atoms with Crippen LogP contribution in [-0.4, -0.2) is 57.8 Å². The van der Waals surface area contributed by atoms with Gasteiger partial charge >= 0.3 is 6.36 Å². The quantitative estimate of drug-likeness (QED) is 0.642. The standard InChI is InChI=1S/C20H22F3N3O5S/c1-14-2-7-17(32(28,29)26-8-10-30-11-9-26)12-18(14)25-19(27)13-24-15-3-5-16(6-4-15)31-20(21,22)23/h2-7,12,24H,8-11,13H2,1H3,(H,25,27). The third-order valence-corrected chi connectivity index (χ3v) is 6.53. The zero-order chi connectivity index (χ0) is 23.4. The number of nitrogens with zero attached hydrogens (tertiary/aromatic N) is 1. The first-order valence-corrected chi connectivity index (χ1v) is 11.1. The maximum atomic E-state index is 12.8. The molecule has 32 heavy (non-hydrogen) atoms. The highest BCUT2D eigenvalue weighted by Gasteiger charge is 2.31. The Labute approximate surface area is 183 Å². The molecule has 2 aromatic rings. The Kier molecular flexibility index (Phi) is 7.26. The van der Waals surface area contributed by atoms with E-state index in [4.69, 9.17) is 4.74 Å². The summed E-state index contributed by atoms with van der Waals surface area (Å²) in [5.74, 6) is -0.828. The van der Waals surface area contributed by atoms with Gasteiger partial charge in [-0.3, -0.25) is 4.79 Å². The Morgan fingerprint density at radius 1 is 1.12 bits per heavy atom. The summed E-state index contributed by atoms with van der Waals surface area (Å²) < 4.78 is 72.6. The van der Waals surface area contributed by atoms with Gasteiger partial charge in [-0.1, -0.05) is 6.07 Å². The van der Waals surface area contributed by atoms with Gasteiger partial charge in [0.05, 0.1) is 24.7 Å². The van der Waals surface area contributed by atoms with Crippen molar-refractivity contribution in [2.75, 3.05) is 43.5 Å². The molecule has 1 aliphatic heterocycles. The van der Waals surface area contributed by atoms with E-state index in [1.54, 1.807) is 13.0 Å². The number of carbonyl (C=O) groups excluding carboxylic acids is 1. The first kappa shape index (κ1) is 23.8. The Hall–Kier alpha value is -2.83. The van der Waals surface area contributed by atoms with Crippen molar-refractivity contribution >= 4 is 27.3 Å². The van der Waals surface area contributed by atoms with Gasteiger partial charge in [-0.05, 0) is 48.9 Å². The zero-order valence-electron chi connectivity index (χ0n) is 17.1. The molecule has 0 aliphatic carbocycles. The number of nitrogens with one attached hydrogen (secondary N) is 2. The van der Waals surface area contributed by atoms with Crippen LogP contribution in [0.25, 0.3) is 0 Å². The molecule has 12 heteroatoms. The maximum absolute atomic E-state index is 12.8. The SMILES string of the molecule is Cc1ccc(S(=O)(=O)N2CCOCC2)cc1NC(=O)CNc1ccc(OC(F)(F)F)cc1. The number of morpholine rings is 1. The molecule has 1 amide bonds. The first-order valence-electron chi connectivity index (χ1n) is 9.63. The van der Waals surface area contributed by atoms with Crippen LogP contribution in [0.2, 0.25) is 0 Å². The van der Waals surface area contributed by atoms with Gasteiger partial charge in [0, 0.05) is 24.5 Å². The molecule has 0 aromatic heterocycles. The van der Waals surface area contributed by atoms with Crippen LogP contribution in [-0.2, 0) is 19.6 Å². The molecule has 2 aromatic carbocycles. The van der Waals surface area contributed by atoms with Crippen molar-refractivity contribution in [3.8, 4) is 5.75 Å². The number of hydrogen-bond acceptors (Lipinski definition) is 6. The monoisotopic (exact) mass is 473 g/mol. The molecule has 1 heterocycles. The molecule has 0 atom stereocenters. The minimum Gasteiger partial charge on any atom is -0.406 e. The van der Waals surface area contributed by atoms with E-state index in [2.05, 4.69) is 15.4 Å². The van der Waals surface area contributed by atoms with E-state index >= 15 is 0 Å². The predicted octanol–water partition coefficient (Wildman–Crippen LogP) is 2.97. The van der Waals surface area contributed by atoms with E-state index in [1.807, 2.05) is 0 Å². The first-order chi connectivity index (χ1) is 15.0. The lowest BCUT2D eigenvalue weighted by Crippen LogP contribution is -2.40. The van der Waals surface area contributed by atoms with Crippen LogP contribution in [0.1, 0.15) is 5.56 Å². The molecule has 2 N–H and O–H groups in total. The van der Waals surface area contributed by atoms with Crippen LogP contribution in [0.3, 0.4) is 0 Å². The van der Waals surface area contributed by atoms with E-state index in [0.29, 0.717) is 30.2 Å². The van der Waals surface area contributed by atoms with Gasteiger partial charge in [-0.2, -0.15) is 4.31 Å². The summed E-state index contributed by atoms with van der Waals surface area (Å²) >= 11 is 0. The minimum atomic E-state index is -4.78. The lowest BCUT2D eigenvalue weighted by atomic mass is 10.2. The molecule has 0 spiro atoms. The lowest BCUT2D eigenvalue weighted by molar-refractivity contribution is -0.274. The summed E-state index contributed by atoms with van der Waals surface area (Å²) in [7, 11) is -3.72. The van der Waals surface area contributed by atoms with E-state index in [1.165, 1.54) is 28.6 Å². The summed E-state index contributed by atoms with van der Waals surface area (Å²) in [6.07, 6.45) is -4.78. The summed E-state index contributed by atoms with van der Waals surface area (Å²) in [5, 5.41) is 5.44. The van der Waals surface area contributed by atoms with Crippen molar-refractivity contribution in [1.82, 2.24) is 4.31 Å². The molecule has 8 nitrogen and oxygen atoms in total. The number of alkyl halides is 3. The Morgan fingerprint density at radius 3 is 2.41 bits per heavy atom. The molecule has 1 saturated heterocycles. The van der Waals surface area contributed by atoms with Gasteiger partial charge < -0.3 is 20.1 Å². The number of carbonyl (C=O) groups is 1. The largest absolute Gasteiger partial charge is 0.573 e. The molecule has 0 bridgehead atoms. The Bertz CT molecular complexity index is 1050. The molecule has 0 saturated carbocycles. The van der Waals surface area contributed by atoms with Crippen molar-refractivity contribution in [1.29, 1.82) is 0 Å². The van der Waals surface area contributed by atoms with Crippen LogP contribution in [0.4, 0.5) is 24.5 Å². The number of rotatable bonds is 7. The van der Waals surface area contributed by atoms with E-state index in [-0.39, 0.29) is 30.3 Å². The third kappa shape index (κ3) is 6.34. The van der Waals surface area contributed by atoms with Crippen molar-refractivity contribution < 1.29 is 35.9 Å². The van der Waals surface area contributed by atoms with Gasteiger partial charge in [0.25, 0.3) is 0 Å². The zero-order valence-corrected chi connectivity index (χ0v) is 17.9. The fraction of sp³-hybridized carbons (Fsp3) is 0.350. The van der Waals surface area contributed by atoms with Crippen LogP contribution in [0.5, 0.6) is 5.75 Å². The highest BCUT2D eigenvalue weighted by Crippen LogP contribution is 2.25.